The third kappa shape index (κ3) is 8.38. The maximum absolute atomic E-state index is 13.5. The zero-order chi connectivity index (χ0) is 25.2. The van der Waals surface area contributed by atoms with Gasteiger partial charge in [-0.05, 0) is 64.6 Å². The van der Waals surface area contributed by atoms with Gasteiger partial charge in [-0.25, -0.2) is 8.78 Å². The minimum atomic E-state index is -0.220. The molecule has 0 saturated carbocycles. The molecule has 36 heavy (non-hydrogen) atoms. The summed E-state index contributed by atoms with van der Waals surface area (Å²) < 4.78 is 27.0. The lowest BCUT2D eigenvalue weighted by atomic mass is 10.0. The molecule has 0 aliphatic rings. The monoisotopic (exact) mass is 485 g/mol. The Morgan fingerprint density at radius 2 is 0.806 bits per heavy atom. The fraction of sp³-hybridized carbons (Fsp3) is 0.226. The summed E-state index contributed by atoms with van der Waals surface area (Å²) >= 11 is 0. The van der Waals surface area contributed by atoms with Gasteiger partial charge in [-0.2, -0.15) is 0 Å². The smallest absolute Gasteiger partial charge is 0.123 e. The quantitative estimate of drug-likeness (QED) is 0.226. The minimum absolute atomic E-state index is 0.220. The zero-order valence-corrected chi connectivity index (χ0v) is 20.7. The van der Waals surface area contributed by atoms with Gasteiger partial charge in [-0.1, -0.05) is 72.3 Å². The minimum Gasteiger partial charge on any atom is -0.309 e. The molecular formula is C31H33F2N3. The first-order valence-electron chi connectivity index (χ1n) is 12.3. The Labute approximate surface area is 212 Å². The molecule has 4 aromatic carbocycles. The van der Waals surface area contributed by atoms with Crippen molar-refractivity contribution >= 4 is 0 Å². The van der Waals surface area contributed by atoms with Crippen LogP contribution in [0, 0.1) is 18.6 Å². The number of nitrogens with one attached hydrogen (secondary N) is 3. The van der Waals surface area contributed by atoms with E-state index >= 15 is 0 Å². The van der Waals surface area contributed by atoms with E-state index in [4.69, 9.17) is 0 Å². The summed E-state index contributed by atoms with van der Waals surface area (Å²) in [5.74, 6) is -0.440. The Morgan fingerprint density at radius 1 is 0.444 bits per heavy atom. The Hall–Kier alpha value is -3.38. The van der Waals surface area contributed by atoms with Crippen molar-refractivity contribution in [2.75, 3.05) is 0 Å². The second kappa shape index (κ2) is 13.1. The van der Waals surface area contributed by atoms with Crippen LogP contribution in [0.2, 0.25) is 0 Å². The standard InChI is InChI=1S/C31H33F2N3/c1-23-5-2-6-24(11-23)17-34-20-27-12-28(21-35-18-25-7-3-9-30(32)15-25)14-29(13-27)22-36-19-26-8-4-10-31(33)16-26/h2-16,34-36H,17-22H2,1H3. The van der Waals surface area contributed by atoms with E-state index in [1.165, 1.54) is 39.9 Å². The van der Waals surface area contributed by atoms with Crippen LogP contribution in [0.1, 0.15) is 38.9 Å². The highest BCUT2D eigenvalue weighted by Crippen LogP contribution is 2.13. The summed E-state index contributed by atoms with van der Waals surface area (Å²) in [5, 5.41) is 10.4. The van der Waals surface area contributed by atoms with E-state index in [2.05, 4.69) is 65.3 Å². The molecule has 0 saturated heterocycles. The van der Waals surface area contributed by atoms with Crippen molar-refractivity contribution in [1.82, 2.24) is 16.0 Å². The molecule has 0 unspecified atom stereocenters. The molecule has 0 aliphatic heterocycles. The van der Waals surface area contributed by atoms with Crippen LogP contribution in [0.3, 0.4) is 0 Å². The van der Waals surface area contributed by atoms with Gasteiger partial charge in [0.15, 0.2) is 0 Å². The lowest BCUT2D eigenvalue weighted by molar-refractivity contribution is 0.619. The molecule has 186 valence electrons. The van der Waals surface area contributed by atoms with Crippen molar-refractivity contribution in [2.45, 2.75) is 46.2 Å². The molecule has 0 heterocycles. The normalized spacial score (nSPS) is 11.1. The zero-order valence-electron chi connectivity index (χ0n) is 20.7. The van der Waals surface area contributed by atoms with Crippen LogP contribution in [-0.4, -0.2) is 0 Å². The van der Waals surface area contributed by atoms with Crippen LogP contribution < -0.4 is 16.0 Å². The molecule has 0 radical (unpaired) electrons. The average Bonchev–Trinajstić information content (AvgIpc) is 2.84. The van der Waals surface area contributed by atoms with E-state index in [9.17, 15) is 8.78 Å². The molecule has 0 aliphatic carbocycles. The van der Waals surface area contributed by atoms with Crippen molar-refractivity contribution in [3.63, 3.8) is 0 Å². The first-order chi connectivity index (χ1) is 17.5. The predicted molar refractivity (Wildman–Crippen MR) is 142 cm³/mol. The highest BCUT2D eigenvalue weighted by atomic mass is 19.1. The van der Waals surface area contributed by atoms with Gasteiger partial charge in [0, 0.05) is 39.3 Å². The molecule has 0 atom stereocenters. The van der Waals surface area contributed by atoms with Crippen LogP contribution in [0.5, 0.6) is 0 Å². The number of hydrogen-bond donors (Lipinski definition) is 3. The summed E-state index contributed by atoms with van der Waals surface area (Å²) in [6.07, 6.45) is 0. The van der Waals surface area contributed by atoms with Crippen molar-refractivity contribution in [3.8, 4) is 0 Å². The van der Waals surface area contributed by atoms with Crippen molar-refractivity contribution in [3.05, 3.63) is 142 Å². The SMILES string of the molecule is Cc1cccc(CNCc2cc(CNCc3cccc(F)c3)cc(CNCc3cccc(F)c3)c2)c1. The van der Waals surface area contributed by atoms with Crippen LogP contribution in [-0.2, 0) is 39.3 Å². The van der Waals surface area contributed by atoms with Gasteiger partial charge < -0.3 is 16.0 Å². The highest BCUT2D eigenvalue weighted by Gasteiger charge is 2.04. The number of halogens is 2. The second-order valence-electron chi connectivity index (χ2n) is 9.22. The third-order valence-corrected chi connectivity index (χ3v) is 5.95. The summed E-state index contributed by atoms with van der Waals surface area (Å²) in [4.78, 5) is 0. The first kappa shape index (κ1) is 25.7. The number of benzene rings is 4. The number of rotatable bonds is 12. The van der Waals surface area contributed by atoms with Gasteiger partial charge in [-0.3, -0.25) is 0 Å². The third-order valence-electron chi connectivity index (χ3n) is 5.95. The second-order valence-corrected chi connectivity index (χ2v) is 9.22. The fourth-order valence-corrected chi connectivity index (χ4v) is 4.32. The summed E-state index contributed by atoms with van der Waals surface area (Å²) in [5.41, 5.74) is 7.90. The molecule has 0 amide bonds. The predicted octanol–water partition coefficient (Wildman–Crippen LogP) is 6.14. The van der Waals surface area contributed by atoms with E-state index in [-0.39, 0.29) is 11.6 Å². The molecule has 4 rings (SSSR count). The molecular weight excluding hydrogens is 452 g/mol. The van der Waals surface area contributed by atoms with Gasteiger partial charge in [-0.15, -0.1) is 0 Å². The van der Waals surface area contributed by atoms with E-state index in [1.807, 2.05) is 12.1 Å². The van der Waals surface area contributed by atoms with Crippen LogP contribution >= 0.6 is 0 Å². The Morgan fingerprint density at radius 3 is 1.19 bits per heavy atom. The molecule has 0 aromatic heterocycles. The van der Waals surface area contributed by atoms with Gasteiger partial charge in [0.25, 0.3) is 0 Å². The first-order valence-corrected chi connectivity index (χ1v) is 12.3. The lowest BCUT2D eigenvalue weighted by Gasteiger charge is -2.13. The number of hydrogen-bond acceptors (Lipinski definition) is 3. The van der Waals surface area contributed by atoms with Gasteiger partial charge in [0.2, 0.25) is 0 Å². The van der Waals surface area contributed by atoms with Crippen LogP contribution in [0.15, 0.2) is 91.0 Å². The largest absolute Gasteiger partial charge is 0.309 e. The van der Waals surface area contributed by atoms with Gasteiger partial charge in [0.1, 0.15) is 11.6 Å². The molecule has 0 fully saturated rings. The number of aryl methyl sites for hydroxylation is 1. The van der Waals surface area contributed by atoms with E-state index in [0.29, 0.717) is 26.2 Å². The fourth-order valence-electron chi connectivity index (χ4n) is 4.32. The van der Waals surface area contributed by atoms with Crippen molar-refractivity contribution in [2.24, 2.45) is 0 Å². The Bertz CT molecular complexity index is 1100. The molecule has 3 N–H and O–H groups in total. The summed E-state index contributed by atoms with van der Waals surface area (Å²) in [7, 11) is 0. The topological polar surface area (TPSA) is 36.1 Å². The Kier molecular flexibility index (Phi) is 9.33. The molecule has 5 heteroatoms. The molecule has 0 spiro atoms. The molecule has 3 nitrogen and oxygen atoms in total. The maximum atomic E-state index is 13.5. The molecule has 4 aromatic rings. The van der Waals surface area contributed by atoms with E-state index in [1.54, 1.807) is 24.3 Å². The maximum Gasteiger partial charge on any atom is 0.123 e. The van der Waals surface area contributed by atoms with Gasteiger partial charge >= 0.3 is 0 Å². The summed E-state index contributed by atoms with van der Waals surface area (Å²) in [6.45, 7) is 6.21. The van der Waals surface area contributed by atoms with Crippen molar-refractivity contribution < 1.29 is 8.78 Å². The highest BCUT2D eigenvalue weighted by molar-refractivity contribution is 5.31. The van der Waals surface area contributed by atoms with Crippen LogP contribution in [0.4, 0.5) is 8.78 Å². The van der Waals surface area contributed by atoms with E-state index < -0.39 is 0 Å². The van der Waals surface area contributed by atoms with E-state index in [0.717, 1.165) is 24.2 Å². The Balaban J connectivity index is 1.39. The summed E-state index contributed by atoms with van der Waals surface area (Å²) in [6, 6.07) is 28.4. The average molecular weight is 486 g/mol. The molecule has 0 bridgehead atoms. The van der Waals surface area contributed by atoms with Crippen molar-refractivity contribution in [1.29, 1.82) is 0 Å². The van der Waals surface area contributed by atoms with Crippen LogP contribution in [0.25, 0.3) is 0 Å². The van der Waals surface area contributed by atoms with Gasteiger partial charge in [0.05, 0.1) is 0 Å². The lowest BCUT2D eigenvalue weighted by Crippen LogP contribution is -2.17.